The van der Waals surface area contributed by atoms with Crippen molar-refractivity contribution in [2.75, 3.05) is 26.8 Å². The molecule has 0 unspecified atom stereocenters. The van der Waals surface area contributed by atoms with E-state index in [0.29, 0.717) is 18.8 Å². The number of methoxy groups -OCH3 is 1. The zero-order valence-electron chi connectivity index (χ0n) is 11.2. The van der Waals surface area contributed by atoms with Crippen molar-refractivity contribution in [3.63, 3.8) is 0 Å². The Bertz CT molecular complexity index is 482. The molecule has 2 saturated heterocycles. The van der Waals surface area contributed by atoms with Crippen molar-refractivity contribution < 1.29 is 14.3 Å². The van der Waals surface area contributed by atoms with Gasteiger partial charge >= 0.3 is 0 Å². The molecule has 2 aliphatic rings. The summed E-state index contributed by atoms with van der Waals surface area (Å²) in [6.45, 7) is 3.94. The van der Waals surface area contributed by atoms with Crippen molar-refractivity contribution in [3.8, 4) is 0 Å². The highest BCUT2D eigenvalue weighted by atomic mass is 32.1. The number of likely N-dealkylation sites (tertiary alicyclic amines) is 1. The minimum Gasteiger partial charge on any atom is -0.381 e. The third-order valence-electron chi connectivity index (χ3n) is 3.86. The van der Waals surface area contributed by atoms with Gasteiger partial charge in [0.05, 0.1) is 24.2 Å². The van der Waals surface area contributed by atoms with Gasteiger partial charge in [-0.1, -0.05) is 0 Å². The van der Waals surface area contributed by atoms with E-state index in [4.69, 9.17) is 9.47 Å². The Morgan fingerprint density at radius 3 is 3.05 bits per heavy atom. The summed E-state index contributed by atoms with van der Waals surface area (Å²) in [5.41, 5.74) is 0.371. The Labute approximate surface area is 116 Å². The summed E-state index contributed by atoms with van der Waals surface area (Å²) in [4.78, 5) is 18.3. The van der Waals surface area contributed by atoms with E-state index >= 15 is 0 Å². The van der Waals surface area contributed by atoms with Gasteiger partial charge in [0.15, 0.2) is 0 Å². The number of ether oxygens (including phenoxy) is 2. The molecule has 1 aromatic heterocycles. The van der Waals surface area contributed by atoms with Crippen LogP contribution in [0.5, 0.6) is 0 Å². The first kappa shape index (κ1) is 13.0. The lowest BCUT2D eigenvalue weighted by Crippen LogP contribution is -2.67. The van der Waals surface area contributed by atoms with Crippen LogP contribution in [0.3, 0.4) is 0 Å². The van der Waals surface area contributed by atoms with Gasteiger partial charge in [-0.25, -0.2) is 4.98 Å². The van der Waals surface area contributed by atoms with Gasteiger partial charge in [-0.3, -0.25) is 4.79 Å². The predicted molar refractivity (Wildman–Crippen MR) is 71.5 cm³/mol. The van der Waals surface area contributed by atoms with E-state index in [1.165, 1.54) is 11.3 Å². The van der Waals surface area contributed by atoms with Crippen molar-refractivity contribution in [2.24, 2.45) is 0 Å². The van der Waals surface area contributed by atoms with Gasteiger partial charge in [0.2, 0.25) is 0 Å². The highest BCUT2D eigenvalue weighted by Crippen LogP contribution is 2.35. The number of carbonyl (C=O) groups excluding carboxylic acids is 1. The lowest BCUT2D eigenvalue weighted by atomic mass is 9.84. The van der Waals surface area contributed by atoms with E-state index < -0.39 is 0 Å². The molecule has 6 heteroatoms. The van der Waals surface area contributed by atoms with Gasteiger partial charge in [-0.2, -0.15) is 0 Å². The molecule has 1 amide bonds. The molecule has 19 heavy (non-hydrogen) atoms. The van der Waals surface area contributed by atoms with Gasteiger partial charge < -0.3 is 14.4 Å². The van der Waals surface area contributed by atoms with E-state index in [9.17, 15) is 4.79 Å². The summed E-state index contributed by atoms with van der Waals surface area (Å²) in [5, 5.41) is 2.74. The van der Waals surface area contributed by atoms with Crippen molar-refractivity contribution in [1.29, 1.82) is 0 Å². The topological polar surface area (TPSA) is 51.7 Å². The molecule has 104 valence electrons. The summed E-state index contributed by atoms with van der Waals surface area (Å²) in [7, 11) is 1.74. The molecular formula is C13H18N2O3S. The van der Waals surface area contributed by atoms with E-state index in [1.54, 1.807) is 7.11 Å². The monoisotopic (exact) mass is 282 g/mol. The number of carbonyl (C=O) groups is 1. The highest BCUT2D eigenvalue weighted by molar-refractivity contribution is 7.09. The molecular weight excluding hydrogens is 264 g/mol. The number of hydrogen-bond donors (Lipinski definition) is 0. The van der Waals surface area contributed by atoms with Crippen LogP contribution in [0.15, 0.2) is 5.38 Å². The Kier molecular flexibility index (Phi) is 3.32. The van der Waals surface area contributed by atoms with Gasteiger partial charge in [0.1, 0.15) is 11.3 Å². The first-order valence-corrected chi connectivity index (χ1v) is 7.38. The van der Waals surface area contributed by atoms with Crippen molar-refractivity contribution in [3.05, 3.63) is 16.1 Å². The molecule has 3 rings (SSSR count). The van der Waals surface area contributed by atoms with Gasteiger partial charge in [0, 0.05) is 25.5 Å². The molecule has 0 aromatic carbocycles. The second kappa shape index (κ2) is 4.85. The molecule has 0 radical (unpaired) electrons. The molecule has 1 atom stereocenters. The Morgan fingerprint density at radius 2 is 2.42 bits per heavy atom. The van der Waals surface area contributed by atoms with Crippen LogP contribution in [-0.4, -0.2) is 54.3 Å². The molecule has 2 fully saturated rings. The molecule has 1 spiro atoms. The van der Waals surface area contributed by atoms with Gasteiger partial charge in [-0.05, 0) is 13.3 Å². The maximum absolute atomic E-state index is 12.2. The fraction of sp³-hybridized carbons (Fsp3) is 0.692. The number of amides is 1. The van der Waals surface area contributed by atoms with Crippen LogP contribution in [0, 0.1) is 6.92 Å². The molecule has 5 nitrogen and oxygen atoms in total. The van der Waals surface area contributed by atoms with E-state index in [2.05, 4.69) is 4.98 Å². The first-order chi connectivity index (χ1) is 9.12. The number of rotatable bonds is 2. The minimum atomic E-state index is -0.181. The summed E-state index contributed by atoms with van der Waals surface area (Å²) in [5.74, 6) is 0.0121. The zero-order chi connectivity index (χ0) is 13.5. The third-order valence-corrected chi connectivity index (χ3v) is 4.64. The van der Waals surface area contributed by atoms with Gasteiger partial charge in [0.25, 0.3) is 5.91 Å². The van der Waals surface area contributed by atoms with Crippen LogP contribution in [0.1, 0.15) is 28.3 Å². The van der Waals surface area contributed by atoms with Crippen molar-refractivity contribution in [1.82, 2.24) is 9.88 Å². The molecule has 0 bridgehead atoms. The largest absolute Gasteiger partial charge is 0.381 e. The Balaban J connectivity index is 1.61. The summed E-state index contributed by atoms with van der Waals surface area (Å²) < 4.78 is 11.3. The molecule has 3 heterocycles. The minimum absolute atomic E-state index is 0.0121. The maximum Gasteiger partial charge on any atom is 0.273 e. The number of aryl methyl sites for hydroxylation is 1. The fourth-order valence-electron chi connectivity index (χ4n) is 2.82. The average molecular weight is 282 g/mol. The fourth-order valence-corrected chi connectivity index (χ4v) is 3.41. The van der Waals surface area contributed by atoms with Crippen molar-refractivity contribution >= 4 is 17.2 Å². The number of hydrogen-bond acceptors (Lipinski definition) is 5. The zero-order valence-corrected chi connectivity index (χ0v) is 12.0. The van der Waals surface area contributed by atoms with E-state index in [0.717, 1.165) is 24.5 Å². The number of thiazole rings is 1. The second-order valence-corrected chi connectivity index (χ2v) is 6.36. The van der Waals surface area contributed by atoms with Crippen LogP contribution in [0.4, 0.5) is 0 Å². The normalized spacial score (nSPS) is 25.4. The van der Waals surface area contributed by atoms with Crippen molar-refractivity contribution in [2.45, 2.75) is 31.5 Å². The Hall–Kier alpha value is -0.980. The molecule has 0 aliphatic carbocycles. The maximum atomic E-state index is 12.2. The van der Waals surface area contributed by atoms with Crippen LogP contribution in [0.2, 0.25) is 0 Å². The lowest BCUT2D eigenvalue weighted by molar-refractivity contribution is -0.182. The predicted octanol–water partition coefficient (Wildman–Crippen LogP) is 1.47. The van der Waals surface area contributed by atoms with Crippen LogP contribution in [0.25, 0.3) is 0 Å². The van der Waals surface area contributed by atoms with E-state index in [1.807, 2.05) is 17.2 Å². The van der Waals surface area contributed by atoms with Gasteiger partial charge in [-0.15, -0.1) is 11.3 Å². The van der Waals surface area contributed by atoms with E-state index in [-0.39, 0.29) is 17.6 Å². The highest BCUT2D eigenvalue weighted by Gasteiger charge is 2.49. The molecule has 0 saturated carbocycles. The van der Waals surface area contributed by atoms with Crippen LogP contribution >= 0.6 is 11.3 Å². The number of nitrogens with zero attached hydrogens (tertiary/aromatic N) is 2. The number of aromatic nitrogens is 1. The summed E-state index contributed by atoms with van der Waals surface area (Å²) in [6.07, 6.45) is 2.08. The quantitative estimate of drug-likeness (QED) is 0.824. The van der Waals surface area contributed by atoms with Crippen LogP contribution < -0.4 is 0 Å². The second-order valence-electron chi connectivity index (χ2n) is 5.29. The third kappa shape index (κ3) is 2.40. The smallest absolute Gasteiger partial charge is 0.273 e. The SMILES string of the molecule is CO[C@H]1CCOC2(C1)CN(C(=O)c1csc(C)n1)C2. The molecule has 2 aliphatic heterocycles. The van der Waals surface area contributed by atoms with Crippen LogP contribution in [-0.2, 0) is 9.47 Å². The first-order valence-electron chi connectivity index (χ1n) is 6.50. The lowest BCUT2D eigenvalue weighted by Gasteiger charge is -2.52. The molecule has 0 N–H and O–H groups in total. The summed E-state index contributed by atoms with van der Waals surface area (Å²) in [6, 6.07) is 0. The Morgan fingerprint density at radius 1 is 1.63 bits per heavy atom. The average Bonchev–Trinajstić information content (AvgIpc) is 2.82. The standard InChI is InChI=1S/C13H18N2O3S/c1-9-14-11(6-19-9)12(16)15-7-13(8-15)5-10(17-2)3-4-18-13/h6,10H,3-5,7-8H2,1-2H3/t10-/m0/s1. The molecule has 1 aromatic rings. The summed E-state index contributed by atoms with van der Waals surface area (Å²) >= 11 is 1.51.